The van der Waals surface area contributed by atoms with Gasteiger partial charge in [-0.05, 0) is 31.0 Å². The van der Waals surface area contributed by atoms with Crippen LogP contribution >= 0.6 is 11.3 Å². The third kappa shape index (κ3) is 3.77. The van der Waals surface area contributed by atoms with Crippen molar-refractivity contribution in [3.05, 3.63) is 60.3 Å². The molecule has 5 heterocycles. The molecule has 0 unspecified atom stereocenters. The van der Waals surface area contributed by atoms with E-state index < -0.39 is 0 Å². The molecule has 0 bridgehead atoms. The van der Waals surface area contributed by atoms with Crippen molar-refractivity contribution in [2.24, 2.45) is 5.73 Å². The highest BCUT2D eigenvalue weighted by molar-refractivity contribution is 7.19. The zero-order valence-electron chi connectivity index (χ0n) is 16.9. The van der Waals surface area contributed by atoms with E-state index in [0.717, 1.165) is 48.5 Å². The first kappa shape index (κ1) is 19.7. The van der Waals surface area contributed by atoms with Crippen LogP contribution in [0.4, 0.5) is 10.7 Å². The number of aromatic nitrogens is 4. The number of carbonyl (C=O) groups excluding carboxylic acids is 1. The molecule has 1 fully saturated rings. The number of piperidine rings is 1. The number of ketones is 1. The predicted molar refractivity (Wildman–Crippen MR) is 122 cm³/mol. The Morgan fingerprint density at radius 3 is 3.03 bits per heavy atom. The molecule has 9 heteroatoms. The van der Waals surface area contributed by atoms with Crippen molar-refractivity contribution in [3.8, 4) is 10.7 Å². The molecule has 31 heavy (non-hydrogen) atoms. The fraction of sp³-hybridized carbons (Fsp3) is 0.273. The van der Waals surface area contributed by atoms with Gasteiger partial charge in [-0.15, -0.1) is 0 Å². The summed E-state index contributed by atoms with van der Waals surface area (Å²) in [6.07, 6.45) is 9.43. The Morgan fingerprint density at radius 2 is 2.16 bits per heavy atom. The maximum atomic E-state index is 13.2. The van der Waals surface area contributed by atoms with Crippen LogP contribution in [0.15, 0.2) is 49.1 Å². The van der Waals surface area contributed by atoms with Crippen LogP contribution in [0, 0.1) is 0 Å². The van der Waals surface area contributed by atoms with Crippen LogP contribution < -0.4 is 16.4 Å². The van der Waals surface area contributed by atoms with Crippen LogP contribution in [0.3, 0.4) is 0 Å². The lowest BCUT2D eigenvalue weighted by Gasteiger charge is -2.33. The number of Topliss-reactive ketones (excluding diaryl/α,β-unsaturated/α-hetero) is 1. The maximum Gasteiger partial charge on any atom is 0.188 e. The molecule has 1 atom stereocenters. The first-order valence-corrected chi connectivity index (χ1v) is 11.1. The van der Waals surface area contributed by atoms with Crippen LogP contribution in [0.25, 0.3) is 16.3 Å². The molecule has 0 amide bonds. The highest BCUT2D eigenvalue weighted by Gasteiger charge is 2.23. The summed E-state index contributed by atoms with van der Waals surface area (Å²) >= 11 is 1.30. The summed E-state index contributed by atoms with van der Waals surface area (Å²) in [4.78, 5) is 28.6. The van der Waals surface area contributed by atoms with Gasteiger partial charge in [-0.25, -0.2) is 9.97 Å². The molecule has 1 aliphatic heterocycles. The Balaban J connectivity index is 1.42. The van der Waals surface area contributed by atoms with E-state index in [1.54, 1.807) is 18.6 Å². The molecule has 4 N–H and O–H groups in total. The van der Waals surface area contributed by atoms with Crippen LogP contribution in [-0.4, -0.2) is 44.3 Å². The predicted octanol–water partition coefficient (Wildman–Crippen LogP) is 2.79. The van der Waals surface area contributed by atoms with Gasteiger partial charge >= 0.3 is 0 Å². The summed E-state index contributed by atoms with van der Waals surface area (Å²) in [5, 5.41) is 1.09. The number of pyridine rings is 2. The molecule has 1 saturated heterocycles. The molecular weight excluding hydrogens is 410 g/mol. The molecule has 4 aromatic rings. The second-order valence-electron chi connectivity index (χ2n) is 7.76. The number of hydrogen-bond acceptors (Lipinski definition) is 8. The molecular formula is C22H23N7OS. The van der Waals surface area contributed by atoms with E-state index in [-0.39, 0.29) is 18.2 Å². The quantitative estimate of drug-likeness (QED) is 0.465. The summed E-state index contributed by atoms with van der Waals surface area (Å²) in [6.45, 7) is 1.71. The SMILES string of the molecule is Nc1sc(-c2cnc3ccccn23)nc1C(=O)Cc1cnccc1N1CCC[C@H](N)C1. The van der Waals surface area contributed by atoms with Crippen molar-refractivity contribution in [2.45, 2.75) is 25.3 Å². The number of fused-ring (bicyclic) bond motifs is 1. The second kappa shape index (κ2) is 8.09. The first-order chi connectivity index (χ1) is 15.1. The van der Waals surface area contributed by atoms with E-state index in [2.05, 4.69) is 19.9 Å². The van der Waals surface area contributed by atoms with Gasteiger partial charge < -0.3 is 16.4 Å². The monoisotopic (exact) mass is 433 g/mol. The van der Waals surface area contributed by atoms with Gasteiger partial charge in [-0.2, -0.15) is 0 Å². The van der Waals surface area contributed by atoms with Crippen molar-refractivity contribution < 1.29 is 4.79 Å². The highest BCUT2D eigenvalue weighted by atomic mass is 32.1. The second-order valence-corrected chi connectivity index (χ2v) is 8.79. The third-order valence-corrected chi connectivity index (χ3v) is 6.49. The van der Waals surface area contributed by atoms with E-state index >= 15 is 0 Å². The van der Waals surface area contributed by atoms with Gasteiger partial charge in [0.2, 0.25) is 0 Å². The number of carbonyl (C=O) groups is 1. The lowest BCUT2D eigenvalue weighted by molar-refractivity contribution is 0.0989. The van der Waals surface area contributed by atoms with E-state index in [9.17, 15) is 4.79 Å². The molecule has 0 radical (unpaired) electrons. The maximum absolute atomic E-state index is 13.2. The first-order valence-electron chi connectivity index (χ1n) is 10.3. The molecule has 4 aromatic heterocycles. The van der Waals surface area contributed by atoms with Gasteiger partial charge in [0.15, 0.2) is 5.78 Å². The fourth-order valence-corrected chi connectivity index (χ4v) is 4.94. The topological polar surface area (TPSA) is 115 Å². The standard InChI is InChI=1S/C22H23N7OS/c23-15-4-3-8-28(13-15)16-6-7-25-11-14(16)10-18(30)20-21(24)31-22(27-20)17-12-26-19-5-1-2-9-29(17)19/h1-2,5-7,9,11-12,15H,3-4,8,10,13,23-24H2/t15-/m0/s1. The van der Waals surface area contributed by atoms with Gasteiger partial charge in [-0.1, -0.05) is 17.4 Å². The minimum Gasteiger partial charge on any atom is -0.389 e. The molecule has 158 valence electrons. The number of nitrogens with two attached hydrogens (primary N) is 2. The normalized spacial score (nSPS) is 16.7. The summed E-state index contributed by atoms with van der Waals surface area (Å²) in [5.41, 5.74) is 16.2. The van der Waals surface area contributed by atoms with E-state index in [4.69, 9.17) is 11.5 Å². The third-order valence-electron chi connectivity index (χ3n) is 5.58. The lowest BCUT2D eigenvalue weighted by Crippen LogP contribution is -2.43. The molecule has 0 saturated carbocycles. The van der Waals surface area contributed by atoms with Gasteiger partial charge in [-0.3, -0.25) is 14.2 Å². The molecule has 0 spiro atoms. The zero-order valence-corrected chi connectivity index (χ0v) is 17.8. The Labute approximate surface area is 183 Å². The van der Waals surface area contributed by atoms with Crippen LogP contribution in [-0.2, 0) is 6.42 Å². The number of imidazole rings is 1. The number of anilines is 2. The van der Waals surface area contributed by atoms with E-state index in [0.29, 0.717) is 15.7 Å². The molecule has 8 nitrogen and oxygen atoms in total. The summed E-state index contributed by atoms with van der Waals surface area (Å²) < 4.78 is 1.94. The van der Waals surface area contributed by atoms with Crippen LogP contribution in [0.5, 0.6) is 0 Å². The highest BCUT2D eigenvalue weighted by Crippen LogP contribution is 2.32. The number of nitrogens with zero attached hydrogens (tertiary/aromatic N) is 5. The average molecular weight is 434 g/mol. The molecule has 5 rings (SSSR count). The number of hydrogen-bond donors (Lipinski definition) is 2. The van der Waals surface area contributed by atoms with Crippen LogP contribution in [0.2, 0.25) is 0 Å². The van der Waals surface area contributed by atoms with Crippen LogP contribution in [0.1, 0.15) is 28.9 Å². The Morgan fingerprint density at radius 1 is 1.26 bits per heavy atom. The van der Waals surface area contributed by atoms with Crippen molar-refractivity contribution >= 4 is 33.5 Å². The molecule has 0 aromatic carbocycles. The smallest absolute Gasteiger partial charge is 0.188 e. The minimum atomic E-state index is -0.121. The zero-order chi connectivity index (χ0) is 21.4. The molecule has 1 aliphatic rings. The number of thiazole rings is 1. The molecule has 0 aliphatic carbocycles. The van der Waals surface area contributed by atoms with Gasteiger partial charge in [0.05, 0.1) is 6.20 Å². The largest absolute Gasteiger partial charge is 0.389 e. The van der Waals surface area contributed by atoms with E-state index in [1.165, 1.54) is 11.3 Å². The fourth-order valence-electron chi connectivity index (χ4n) is 4.08. The number of rotatable bonds is 5. The van der Waals surface area contributed by atoms with Crippen molar-refractivity contribution in [1.82, 2.24) is 19.4 Å². The van der Waals surface area contributed by atoms with Crippen molar-refractivity contribution in [2.75, 3.05) is 23.7 Å². The summed E-state index contributed by atoms with van der Waals surface area (Å²) in [6, 6.07) is 7.88. The summed E-state index contributed by atoms with van der Waals surface area (Å²) in [7, 11) is 0. The van der Waals surface area contributed by atoms with E-state index in [1.807, 2.05) is 34.9 Å². The van der Waals surface area contributed by atoms with Crippen molar-refractivity contribution in [1.29, 1.82) is 0 Å². The Hall–Kier alpha value is -3.30. The minimum absolute atomic E-state index is 0.121. The average Bonchev–Trinajstić information content (AvgIpc) is 3.37. The van der Waals surface area contributed by atoms with Crippen molar-refractivity contribution in [3.63, 3.8) is 0 Å². The lowest BCUT2D eigenvalue weighted by atomic mass is 10.0. The summed E-state index contributed by atoms with van der Waals surface area (Å²) in [5.74, 6) is -0.121. The van der Waals surface area contributed by atoms with Gasteiger partial charge in [0.25, 0.3) is 0 Å². The Kier molecular flexibility index (Phi) is 5.13. The Bertz CT molecular complexity index is 1250. The number of nitrogen functional groups attached to an aromatic ring is 1. The van der Waals surface area contributed by atoms with Gasteiger partial charge in [0.1, 0.15) is 27.0 Å². The van der Waals surface area contributed by atoms with Gasteiger partial charge in [0, 0.05) is 55.4 Å².